The average molecular weight is 259 g/mol. The van der Waals surface area contributed by atoms with Crippen LogP contribution >= 0.6 is 0 Å². The normalized spacial score (nSPS) is 17.6. The van der Waals surface area contributed by atoms with Crippen molar-refractivity contribution < 1.29 is 4.79 Å². The summed E-state index contributed by atoms with van der Waals surface area (Å²) in [4.78, 5) is 13.7. The summed E-state index contributed by atoms with van der Waals surface area (Å²) in [6.45, 7) is 6.92. The van der Waals surface area contributed by atoms with Gasteiger partial charge in [0.15, 0.2) is 0 Å². The van der Waals surface area contributed by atoms with Crippen LogP contribution < -0.4 is 4.90 Å². The summed E-state index contributed by atoms with van der Waals surface area (Å²) in [6.07, 6.45) is 6.40. The monoisotopic (exact) mass is 259 g/mol. The first kappa shape index (κ1) is 14.1. The van der Waals surface area contributed by atoms with E-state index in [1.54, 1.807) is 6.92 Å². The predicted molar refractivity (Wildman–Crippen MR) is 80.7 cm³/mol. The Hall–Kier alpha value is -1.31. The van der Waals surface area contributed by atoms with Gasteiger partial charge < -0.3 is 4.90 Å². The summed E-state index contributed by atoms with van der Waals surface area (Å²) < 4.78 is 0. The molecular formula is C17H25NO. The number of carbonyl (C=O) groups excluding carboxylic acids is 1. The van der Waals surface area contributed by atoms with Gasteiger partial charge in [-0.3, -0.25) is 4.79 Å². The molecule has 1 aliphatic heterocycles. The number of carbonyl (C=O) groups is 1. The second-order valence-electron chi connectivity index (χ2n) is 5.74. The van der Waals surface area contributed by atoms with Crippen molar-refractivity contribution in [2.45, 2.75) is 58.8 Å². The molecule has 0 spiro atoms. The van der Waals surface area contributed by atoms with Gasteiger partial charge in [0, 0.05) is 25.1 Å². The quantitative estimate of drug-likeness (QED) is 0.717. The third kappa shape index (κ3) is 3.17. The minimum Gasteiger partial charge on any atom is -0.312 e. The summed E-state index contributed by atoms with van der Waals surface area (Å²) in [5.41, 5.74) is 3.81. The molecule has 2 rings (SSSR count). The van der Waals surface area contributed by atoms with Crippen LogP contribution in [-0.4, -0.2) is 12.5 Å². The van der Waals surface area contributed by atoms with Gasteiger partial charge in [-0.05, 0) is 25.0 Å². The van der Waals surface area contributed by atoms with Crippen molar-refractivity contribution >= 4 is 11.6 Å². The molecule has 1 amide bonds. The molecule has 1 aromatic carbocycles. The van der Waals surface area contributed by atoms with E-state index >= 15 is 0 Å². The van der Waals surface area contributed by atoms with Gasteiger partial charge in [-0.1, -0.05) is 50.3 Å². The zero-order valence-electron chi connectivity index (χ0n) is 12.4. The molecule has 0 N–H and O–H groups in total. The van der Waals surface area contributed by atoms with E-state index in [1.165, 1.54) is 43.2 Å². The van der Waals surface area contributed by atoms with E-state index in [2.05, 4.69) is 32.0 Å². The standard InChI is InChI=1S/C17H25NO/c1-4-5-6-7-8-15-12-18(14(3)19)17-10-9-13(2)11-16(15)17/h9-11,15H,4-8,12H2,1-3H3. The lowest BCUT2D eigenvalue weighted by atomic mass is 9.94. The highest BCUT2D eigenvalue weighted by molar-refractivity contribution is 5.94. The van der Waals surface area contributed by atoms with Gasteiger partial charge in [0.1, 0.15) is 0 Å². The molecular weight excluding hydrogens is 234 g/mol. The molecule has 104 valence electrons. The number of hydrogen-bond donors (Lipinski definition) is 0. The lowest BCUT2D eigenvalue weighted by Gasteiger charge is -2.15. The minimum absolute atomic E-state index is 0.168. The molecule has 1 unspecified atom stereocenters. The molecule has 1 aromatic rings. The van der Waals surface area contributed by atoms with Gasteiger partial charge in [-0.15, -0.1) is 0 Å². The fourth-order valence-corrected chi connectivity index (χ4v) is 3.03. The van der Waals surface area contributed by atoms with Crippen LogP contribution in [-0.2, 0) is 4.79 Å². The van der Waals surface area contributed by atoms with Crippen LogP contribution in [0.5, 0.6) is 0 Å². The van der Waals surface area contributed by atoms with Gasteiger partial charge in [0.2, 0.25) is 5.91 Å². The van der Waals surface area contributed by atoms with Crippen molar-refractivity contribution in [1.29, 1.82) is 0 Å². The topological polar surface area (TPSA) is 20.3 Å². The van der Waals surface area contributed by atoms with E-state index in [0.29, 0.717) is 5.92 Å². The zero-order valence-corrected chi connectivity index (χ0v) is 12.4. The van der Waals surface area contributed by atoms with Gasteiger partial charge in [0.25, 0.3) is 0 Å². The maximum atomic E-state index is 11.7. The smallest absolute Gasteiger partial charge is 0.223 e. The minimum atomic E-state index is 0.168. The Bertz CT molecular complexity index is 453. The molecule has 1 aliphatic rings. The Morgan fingerprint density at radius 2 is 2.11 bits per heavy atom. The first-order valence-electron chi connectivity index (χ1n) is 7.52. The van der Waals surface area contributed by atoms with Gasteiger partial charge >= 0.3 is 0 Å². The predicted octanol–water partition coefficient (Wildman–Crippen LogP) is 4.42. The fraction of sp³-hybridized carbons (Fsp3) is 0.588. The molecule has 0 saturated carbocycles. The van der Waals surface area contributed by atoms with Crippen molar-refractivity contribution in [3.8, 4) is 0 Å². The zero-order chi connectivity index (χ0) is 13.8. The largest absolute Gasteiger partial charge is 0.312 e. The Labute approximate surface area is 116 Å². The summed E-state index contributed by atoms with van der Waals surface area (Å²) in [5, 5.41) is 0. The molecule has 0 bridgehead atoms. The van der Waals surface area contributed by atoms with E-state index in [9.17, 15) is 4.79 Å². The molecule has 1 heterocycles. The molecule has 19 heavy (non-hydrogen) atoms. The molecule has 2 heteroatoms. The van der Waals surface area contributed by atoms with Crippen LogP contribution in [0.25, 0.3) is 0 Å². The number of fused-ring (bicyclic) bond motifs is 1. The number of anilines is 1. The number of nitrogens with zero attached hydrogens (tertiary/aromatic N) is 1. The van der Waals surface area contributed by atoms with Gasteiger partial charge in [-0.25, -0.2) is 0 Å². The number of unbranched alkanes of at least 4 members (excludes halogenated alkanes) is 3. The molecule has 1 atom stereocenters. The summed E-state index contributed by atoms with van der Waals surface area (Å²) in [7, 11) is 0. The summed E-state index contributed by atoms with van der Waals surface area (Å²) in [6, 6.07) is 6.48. The molecule has 0 aromatic heterocycles. The summed E-state index contributed by atoms with van der Waals surface area (Å²) >= 11 is 0. The first-order chi connectivity index (χ1) is 9.13. The Morgan fingerprint density at radius 3 is 2.79 bits per heavy atom. The van der Waals surface area contributed by atoms with Crippen LogP contribution in [0.2, 0.25) is 0 Å². The molecule has 2 nitrogen and oxygen atoms in total. The van der Waals surface area contributed by atoms with Crippen molar-refractivity contribution in [3.63, 3.8) is 0 Å². The van der Waals surface area contributed by atoms with Crippen molar-refractivity contribution in [3.05, 3.63) is 29.3 Å². The SMILES string of the molecule is CCCCCCC1CN(C(C)=O)c2ccc(C)cc21. The van der Waals surface area contributed by atoms with E-state index in [-0.39, 0.29) is 5.91 Å². The maximum absolute atomic E-state index is 11.7. The third-order valence-electron chi connectivity index (χ3n) is 4.10. The van der Waals surface area contributed by atoms with Gasteiger partial charge in [0.05, 0.1) is 0 Å². The number of amides is 1. The molecule has 0 aliphatic carbocycles. The highest BCUT2D eigenvalue weighted by Gasteiger charge is 2.30. The van der Waals surface area contributed by atoms with Crippen LogP contribution in [0.15, 0.2) is 18.2 Å². The highest BCUT2D eigenvalue weighted by atomic mass is 16.2. The second-order valence-corrected chi connectivity index (χ2v) is 5.74. The Morgan fingerprint density at radius 1 is 1.32 bits per heavy atom. The number of aryl methyl sites for hydroxylation is 1. The Balaban J connectivity index is 2.11. The van der Waals surface area contributed by atoms with Crippen LogP contribution in [0.1, 0.15) is 63.0 Å². The van der Waals surface area contributed by atoms with Crippen LogP contribution in [0.3, 0.4) is 0 Å². The molecule has 0 radical (unpaired) electrons. The van der Waals surface area contributed by atoms with Crippen LogP contribution in [0, 0.1) is 6.92 Å². The van der Waals surface area contributed by atoms with E-state index in [0.717, 1.165) is 12.2 Å². The lowest BCUT2D eigenvalue weighted by molar-refractivity contribution is -0.116. The lowest BCUT2D eigenvalue weighted by Crippen LogP contribution is -2.26. The maximum Gasteiger partial charge on any atom is 0.223 e. The fourth-order valence-electron chi connectivity index (χ4n) is 3.03. The van der Waals surface area contributed by atoms with Gasteiger partial charge in [-0.2, -0.15) is 0 Å². The highest BCUT2D eigenvalue weighted by Crippen LogP contribution is 2.39. The van der Waals surface area contributed by atoms with E-state index < -0.39 is 0 Å². The number of hydrogen-bond acceptors (Lipinski definition) is 1. The first-order valence-corrected chi connectivity index (χ1v) is 7.52. The number of benzene rings is 1. The average Bonchev–Trinajstić information content (AvgIpc) is 2.73. The van der Waals surface area contributed by atoms with Crippen LogP contribution in [0.4, 0.5) is 5.69 Å². The molecule has 0 saturated heterocycles. The third-order valence-corrected chi connectivity index (χ3v) is 4.10. The van der Waals surface area contributed by atoms with Crippen molar-refractivity contribution in [2.24, 2.45) is 0 Å². The van der Waals surface area contributed by atoms with E-state index in [4.69, 9.17) is 0 Å². The Kier molecular flexibility index (Phi) is 4.62. The van der Waals surface area contributed by atoms with E-state index in [1.807, 2.05) is 4.90 Å². The number of rotatable bonds is 5. The molecule has 0 fully saturated rings. The van der Waals surface area contributed by atoms with Crippen molar-refractivity contribution in [2.75, 3.05) is 11.4 Å². The summed E-state index contributed by atoms with van der Waals surface area (Å²) in [5.74, 6) is 0.705. The second kappa shape index (κ2) is 6.23. The van der Waals surface area contributed by atoms with Crippen molar-refractivity contribution in [1.82, 2.24) is 0 Å².